The van der Waals surface area contributed by atoms with E-state index in [0.717, 1.165) is 18.8 Å². The lowest BCUT2D eigenvalue weighted by molar-refractivity contribution is 0.0806. The van der Waals surface area contributed by atoms with Crippen LogP contribution in [0.5, 0.6) is 0 Å². The van der Waals surface area contributed by atoms with Gasteiger partial charge in [-0.25, -0.2) is 4.98 Å². The number of rotatable bonds is 3. The molecule has 1 unspecified atom stereocenters. The summed E-state index contributed by atoms with van der Waals surface area (Å²) in [6.45, 7) is 4.96. The molecule has 0 bridgehead atoms. The molecule has 5 nitrogen and oxygen atoms in total. The summed E-state index contributed by atoms with van der Waals surface area (Å²) in [5, 5.41) is 15.5. The topological polar surface area (TPSA) is 70.0 Å². The van der Waals surface area contributed by atoms with Crippen molar-refractivity contribution in [1.82, 2.24) is 10.3 Å². The molecule has 0 saturated carbocycles. The lowest BCUT2D eigenvalue weighted by Gasteiger charge is -2.24. The third-order valence-corrected chi connectivity index (χ3v) is 2.67. The number of nitrogens with zero attached hydrogens (tertiary/aromatic N) is 2. The van der Waals surface area contributed by atoms with Gasteiger partial charge in [0.1, 0.15) is 11.9 Å². The molecule has 0 aliphatic carbocycles. The van der Waals surface area contributed by atoms with Gasteiger partial charge in [0.25, 0.3) is 0 Å². The summed E-state index contributed by atoms with van der Waals surface area (Å²) in [5.74, 6) is 0.653. The van der Waals surface area contributed by atoms with Gasteiger partial charge in [-0.15, -0.1) is 0 Å². The quantitative estimate of drug-likeness (QED) is 0.801. The van der Waals surface area contributed by atoms with E-state index in [0.29, 0.717) is 24.5 Å². The summed E-state index contributed by atoms with van der Waals surface area (Å²) in [4.78, 5) is 4.33. The summed E-state index contributed by atoms with van der Waals surface area (Å²) in [7, 11) is 0. The second-order valence-electron chi connectivity index (χ2n) is 4.07. The normalized spacial score (nSPS) is 19.6. The highest BCUT2D eigenvalue weighted by Crippen LogP contribution is 2.12. The van der Waals surface area contributed by atoms with E-state index in [2.05, 4.69) is 21.7 Å². The van der Waals surface area contributed by atoms with Crippen molar-refractivity contribution in [3.8, 4) is 6.07 Å². The molecule has 1 fully saturated rings. The molecule has 1 saturated heterocycles. The molecule has 2 rings (SSSR count). The molecule has 0 radical (unpaired) electrons. The highest BCUT2D eigenvalue weighted by Gasteiger charge is 2.13. The van der Waals surface area contributed by atoms with Crippen molar-refractivity contribution < 1.29 is 4.74 Å². The van der Waals surface area contributed by atoms with Crippen LogP contribution in [0.3, 0.4) is 0 Å². The molecule has 1 aliphatic heterocycles. The molecule has 5 heteroatoms. The maximum absolute atomic E-state index is 8.98. The average molecular weight is 232 g/mol. The predicted octanol–water partition coefficient (Wildman–Crippen LogP) is 0.662. The van der Waals surface area contributed by atoms with Crippen LogP contribution in [0.1, 0.15) is 11.3 Å². The van der Waals surface area contributed by atoms with Gasteiger partial charge in [0.05, 0.1) is 18.8 Å². The third kappa shape index (κ3) is 3.16. The highest BCUT2D eigenvalue weighted by atomic mass is 16.5. The minimum atomic E-state index is 0.276. The molecule has 1 aromatic heterocycles. The van der Waals surface area contributed by atoms with E-state index >= 15 is 0 Å². The molecular weight excluding hydrogens is 216 g/mol. The maximum atomic E-state index is 8.98. The van der Waals surface area contributed by atoms with Gasteiger partial charge < -0.3 is 15.4 Å². The van der Waals surface area contributed by atoms with Gasteiger partial charge in [-0.2, -0.15) is 5.26 Å². The average Bonchev–Trinajstić information content (AvgIpc) is 2.38. The summed E-state index contributed by atoms with van der Waals surface area (Å²) in [6.07, 6.45) is 0. The number of nitriles is 1. The Labute approximate surface area is 101 Å². The van der Waals surface area contributed by atoms with Crippen molar-refractivity contribution in [2.45, 2.75) is 13.0 Å². The number of ether oxygens (including phenoxy) is 1. The Morgan fingerprint density at radius 3 is 3.24 bits per heavy atom. The van der Waals surface area contributed by atoms with Crippen LogP contribution in [0.25, 0.3) is 0 Å². The fraction of sp³-hybridized carbons (Fsp3) is 0.500. The Morgan fingerprint density at radius 1 is 1.65 bits per heavy atom. The fourth-order valence-electron chi connectivity index (χ4n) is 1.75. The minimum Gasteiger partial charge on any atom is -0.378 e. The van der Waals surface area contributed by atoms with Crippen LogP contribution in [-0.4, -0.2) is 37.3 Å². The zero-order valence-corrected chi connectivity index (χ0v) is 9.86. The largest absolute Gasteiger partial charge is 0.378 e. The summed E-state index contributed by atoms with van der Waals surface area (Å²) >= 11 is 0. The van der Waals surface area contributed by atoms with Crippen molar-refractivity contribution in [3.05, 3.63) is 23.4 Å². The van der Waals surface area contributed by atoms with Gasteiger partial charge in [-0.1, -0.05) is 0 Å². The first-order valence-corrected chi connectivity index (χ1v) is 5.72. The zero-order valence-electron chi connectivity index (χ0n) is 9.86. The number of nitrogens with one attached hydrogen (secondary N) is 2. The molecule has 17 heavy (non-hydrogen) atoms. The van der Waals surface area contributed by atoms with Crippen LogP contribution in [0.15, 0.2) is 12.1 Å². The molecular formula is C12H16N4O. The summed E-state index contributed by atoms with van der Waals surface area (Å²) in [6, 6.07) is 6.04. The SMILES string of the molecule is Cc1ccc(C#N)c(NCC2COCCN2)n1. The highest BCUT2D eigenvalue weighted by molar-refractivity contribution is 5.52. The molecule has 1 aromatic rings. The van der Waals surface area contributed by atoms with Crippen molar-refractivity contribution in [2.75, 3.05) is 31.6 Å². The van der Waals surface area contributed by atoms with E-state index in [1.807, 2.05) is 13.0 Å². The van der Waals surface area contributed by atoms with Gasteiger partial charge in [-0.05, 0) is 19.1 Å². The zero-order chi connectivity index (χ0) is 12.1. The second kappa shape index (κ2) is 5.62. The van der Waals surface area contributed by atoms with Crippen LogP contribution in [0, 0.1) is 18.3 Å². The first kappa shape index (κ1) is 11.8. The second-order valence-corrected chi connectivity index (χ2v) is 4.07. The predicted molar refractivity (Wildman–Crippen MR) is 64.8 cm³/mol. The van der Waals surface area contributed by atoms with E-state index in [-0.39, 0.29) is 6.04 Å². The fourth-order valence-corrected chi connectivity index (χ4v) is 1.75. The van der Waals surface area contributed by atoms with Crippen LogP contribution in [-0.2, 0) is 4.74 Å². The lowest BCUT2D eigenvalue weighted by Crippen LogP contribution is -2.45. The van der Waals surface area contributed by atoms with Gasteiger partial charge in [-0.3, -0.25) is 0 Å². The van der Waals surface area contributed by atoms with Gasteiger partial charge in [0, 0.05) is 24.8 Å². The number of anilines is 1. The molecule has 1 aliphatic rings. The molecule has 0 spiro atoms. The van der Waals surface area contributed by atoms with Crippen LogP contribution in [0.4, 0.5) is 5.82 Å². The Balaban J connectivity index is 1.98. The summed E-state index contributed by atoms with van der Waals surface area (Å²) < 4.78 is 5.36. The van der Waals surface area contributed by atoms with Crippen molar-refractivity contribution >= 4 is 5.82 Å². The van der Waals surface area contributed by atoms with Gasteiger partial charge in [0.2, 0.25) is 0 Å². The summed E-state index contributed by atoms with van der Waals surface area (Å²) in [5.41, 5.74) is 1.48. The number of pyridine rings is 1. The first-order valence-electron chi connectivity index (χ1n) is 5.72. The Hall–Kier alpha value is -1.64. The monoisotopic (exact) mass is 232 g/mol. The number of hydrogen-bond donors (Lipinski definition) is 2. The van der Waals surface area contributed by atoms with E-state index in [1.54, 1.807) is 6.07 Å². The van der Waals surface area contributed by atoms with E-state index < -0.39 is 0 Å². The van der Waals surface area contributed by atoms with Crippen LogP contribution >= 0.6 is 0 Å². The third-order valence-electron chi connectivity index (χ3n) is 2.67. The van der Waals surface area contributed by atoms with Gasteiger partial charge >= 0.3 is 0 Å². The maximum Gasteiger partial charge on any atom is 0.144 e. The van der Waals surface area contributed by atoms with Crippen molar-refractivity contribution in [1.29, 1.82) is 5.26 Å². The molecule has 2 heterocycles. The molecule has 0 amide bonds. The van der Waals surface area contributed by atoms with Crippen molar-refractivity contribution in [2.24, 2.45) is 0 Å². The Bertz CT molecular complexity index is 421. The minimum absolute atomic E-state index is 0.276. The molecule has 90 valence electrons. The van der Waals surface area contributed by atoms with Crippen LogP contribution < -0.4 is 10.6 Å². The van der Waals surface area contributed by atoms with Gasteiger partial charge in [0.15, 0.2) is 0 Å². The van der Waals surface area contributed by atoms with E-state index in [4.69, 9.17) is 10.00 Å². The van der Waals surface area contributed by atoms with Crippen molar-refractivity contribution in [3.63, 3.8) is 0 Å². The number of hydrogen-bond acceptors (Lipinski definition) is 5. The smallest absolute Gasteiger partial charge is 0.144 e. The van der Waals surface area contributed by atoms with E-state index in [1.165, 1.54) is 0 Å². The number of aromatic nitrogens is 1. The standard InChI is InChI=1S/C12H16N4O/c1-9-2-3-10(6-13)12(16-9)15-7-11-8-17-5-4-14-11/h2-3,11,14H,4-5,7-8H2,1H3,(H,15,16). The molecule has 0 aromatic carbocycles. The number of aryl methyl sites for hydroxylation is 1. The molecule has 2 N–H and O–H groups in total. The Kier molecular flexibility index (Phi) is 3.91. The van der Waals surface area contributed by atoms with Crippen LogP contribution in [0.2, 0.25) is 0 Å². The lowest BCUT2D eigenvalue weighted by atomic mass is 10.2. The molecule has 1 atom stereocenters. The first-order chi connectivity index (χ1) is 8.29. The Morgan fingerprint density at radius 2 is 2.53 bits per heavy atom. The number of morpholine rings is 1. The van der Waals surface area contributed by atoms with E-state index in [9.17, 15) is 0 Å².